The lowest BCUT2D eigenvalue weighted by atomic mass is 9.94. The lowest BCUT2D eigenvalue weighted by Gasteiger charge is -2.39. The third kappa shape index (κ3) is 9.84. The van der Waals surface area contributed by atoms with E-state index in [9.17, 15) is 0 Å². The first-order valence-corrected chi connectivity index (χ1v) is 10.8. The Morgan fingerprint density at radius 2 is 1.17 bits per heavy atom. The summed E-state index contributed by atoms with van der Waals surface area (Å²) in [6, 6.07) is 0. The van der Waals surface area contributed by atoms with Gasteiger partial charge in [-0.05, 0) is 44.9 Å². The Labute approximate surface area is 153 Å². The largest absolute Gasteiger partial charge is 0.288 e. The maximum absolute atomic E-state index is 4.14. The second kappa shape index (κ2) is 16.1. The summed E-state index contributed by atoms with van der Waals surface area (Å²) in [6.45, 7) is 20.1. The minimum atomic E-state index is 0.572. The molecule has 0 N–H and O–H groups in total. The quantitative estimate of drug-likeness (QED) is 0.174. The number of rotatable bonds is 17. The predicted molar refractivity (Wildman–Crippen MR) is 111 cm³/mol. The van der Waals surface area contributed by atoms with Crippen molar-refractivity contribution in [3.63, 3.8) is 0 Å². The van der Waals surface area contributed by atoms with Crippen molar-refractivity contribution in [2.45, 2.75) is 98.6 Å². The molecule has 0 saturated carbocycles. The van der Waals surface area contributed by atoms with Gasteiger partial charge in [0, 0.05) is 0 Å². The van der Waals surface area contributed by atoms with Gasteiger partial charge < -0.3 is 0 Å². The maximum atomic E-state index is 4.14. The van der Waals surface area contributed by atoms with Gasteiger partial charge in [0.15, 0.2) is 0 Å². The Morgan fingerprint density at radius 3 is 1.58 bits per heavy atom. The highest BCUT2D eigenvalue weighted by Gasteiger charge is 2.23. The molecule has 0 aromatic rings. The molecule has 0 aromatic carbocycles. The molecular weight excluding hydrogens is 292 g/mol. The van der Waals surface area contributed by atoms with E-state index in [4.69, 9.17) is 0 Å². The average Bonchev–Trinajstić information content (AvgIpc) is 2.61. The Hall–Kier alpha value is -0.340. The van der Waals surface area contributed by atoms with Crippen LogP contribution < -0.4 is 0 Å². The minimum Gasteiger partial charge on any atom is -0.288 e. The van der Waals surface area contributed by atoms with Crippen molar-refractivity contribution < 1.29 is 0 Å². The molecule has 0 amide bonds. The number of hydrogen-bond donors (Lipinski definition) is 0. The van der Waals surface area contributed by atoms with Crippen LogP contribution in [-0.2, 0) is 0 Å². The highest BCUT2D eigenvalue weighted by molar-refractivity contribution is 4.84. The summed E-state index contributed by atoms with van der Waals surface area (Å²) in [6.07, 6.45) is 15.1. The average molecular weight is 339 g/mol. The van der Waals surface area contributed by atoms with Gasteiger partial charge in [0.2, 0.25) is 0 Å². The fraction of sp³-hybridized carbons (Fsp3) is 0.909. The van der Waals surface area contributed by atoms with E-state index in [1.165, 1.54) is 57.8 Å². The standard InChI is InChI=1S/C22H46N2/c1-7-13-14-15-16-17-18-19-21(8-2)20-22(23(9-3)10-4)24(11-5)12-6/h8,21-22H,2,7,9-20H2,1,3-6H3. The van der Waals surface area contributed by atoms with Crippen molar-refractivity contribution in [1.29, 1.82) is 0 Å². The number of allylic oxidation sites excluding steroid dienone is 1. The van der Waals surface area contributed by atoms with Crippen LogP contribution in [0.25, 0.3) is 0 Å². The smallest absolute Gasteiger partial charge is 0.0627 e. The van der Waals surface area contributed by atoms with Crippen molar-refractivity contribution in [3.05, 3.63) is 12.7 Å². The van der Waals surface area contributed by atoms with Crippen molar-refractivity contribution in [2.24, 2.45) is 5.92 Å². The van der Waals surface area contributed by atoms with Crippen LogP contribution in [0.2, 0.25) is 0 Å². The normalized spacial score (nSPS) is 13.2. The summed E-state index contributed by atoms with van der Waals surface area (Å²) in [4.78, 5) is 5.24. The van der Waals surface area contributed by atoms with Crippen LogP contribution in [0.4, 0.5) is 0 Å². The monoisotopic (exact) mass is 338 g/mol. The van der Waals surface area contributed by atoms with Gasteiger partial charge in [0.1, 0.15) is 0 Å². The van der Waals surface area contributed by atoms with E-state index in [1.54, 1.807) is 0 Å². The lowest BCUT2D eigenvalue weighted by Crippen LogP contribution is -2.49. The molecule has 1 atom stereocenters. The second-order valence-corrected chi connectivity index (χ2v) is 7.06. The zero-order chi connectivity index (χ0) is 18.2. The van der Waals surface area contributed by atoms with Crippen LogP contribution in [0.15, 0.2) is 12.7 Å². The Bertz CT molecular complexity index is 257. The van der Waals surface area contributed by atoms with Crippen molar-refractivity contribution in [1.82, 2.24) is 9.80 Å². The first-order valence-electron chi connectivity index (χ1n) is 10.8. The van der Waals surface area contributed by atoms with Gasteiger partial charge in [0.25, 0.3) is 0 Å². The van der Waals surface area contributed by atoms with Gasteiger partial charge in [0.05, 0.1) is 6.17 Å². The maximum Gasteiger partial charge on any atom is 0.0627 e. The number of nitrogens with zero attached hydrogens (tertiary/aromatic N) is 2. The molecule has 0 rings (SSSR count). The van der Waals surface area contributed by atoms with Crippen LogP contribution in [0.5, 0.6) is 0 Å². The molecule has 0 saturated heterocycles. The Kier molecular flexibility index (Phi) is 15.9. The van der Waals surface area contributed by atoms with Gasteiger partial charge in [-0.3, -0.25) is 9.80 Å². The summed E-state index contributed by atoms with van der Waals surface area (Å²) >= 11 is 0. The molecule has 2 heteroatoms. The molecule has 0 aliphatic rings. The lowest BCUT2D eigenvalue weighted by molar-refractivity contribution is 0.0410. The Morgan fingerprint density at radius 1 is 0.708 bits per heavy atom. The van der Waals surface area contributed by atoms with Gasteiger partial charge in [-0.15, -0.1) is 6.58 Å². The summed E-state index contributed by atoms with van der Waals surface area (Å²) in [7, 11) is 0. The Balaban J connectivity index is 4.37. The molecule has 2 nitrogen and oxygen atoms in total. The number of hydrogen-bond acceptors (Lipinski definition) is 2. The summed E-state index contributed by atoms with van der Waals surface area (Å²) in [5.41, 5.74) is 0. The summed E-state index contributed by atoms with van der Waals surface area (Å²) in [5.74, 6) is 0.659. The van der Waals surface area contributed by atoms with E-state index >= 15 is 0 Å². The highest BCUT2D eigenvalue weighted by atomic mass is 15.3. The number of unbranched alkanes of at least 4 members (excludes halogenated alkanes) is 6. The molecule has 0 spiro atoms. The molecule has 0 bridgehead atoms. The van der Waals surface area contributed by atoms with Crippen LogP contribution in [-0.4, -0.2) is 42.1 Å². The highest BCUT2D eigenvalue weighted by Crippen LogP contribution is 2.22. The summed E-state index contributed by atoms with van der Waals surface area (Å²) < 4.78 is 0. The first-order chi connectivity index (χ1) is 11.7. The molecule has 0 aliphatic heterocycles. The molecule has 144 valence electrons. The van der Waals surface area contributed by atoms with Crippen LogP contribution in [0.3, 0.4) is 0 Å². The SMILES string of the molecule is C=CC(CCCCCCCCC)CC(N(CC)CC)N(CC)CC. The molecule has 0 aliphatic carbocycles. The molecule has 0 radical (unpaired) electrons. The molecule has 0 aromatic heterocycles. The predicted octanol–water partition coefficient (Wildman–Crippen LogP) is 6.33. The zero-order valence-corrected chi connectivity index (χ0v) is 17.5. The van der Waals surface area contributed by atoms with E-state index in [2.05, 4.69) is 57.1 Å². The van der Waals surface area contributed by atoms with Crippen LogP contribution in [0, 0.1) is 5.92 Å². The topological polar surface area (TPSA) is 6.48 Å². The van der Waals surface area contributed by atoms with Crippen LogP contribution >= 0.6 is 0 Å². The molecule has 0 fully saturated rings. The van der Waals surface area contributed by atoms with E-state index in [-0.39, 0.29) is 0 Å². The van der Waals surface area contributed by atoms with Gasteiger partial charge >= 0.3 is 0 Å². The molecule has 1 unspecified atom stereocenters. The van der Waals surface area contributed by atoms with Gasteiger partial charge in [-0.1, -0.05) is 85.6 Å². The minimum absolute atomic E-state index is 0.572. The van der Waals surface area contributed by atoms with Crippen molar-refractivity contribution >= 4 is 0 Å². The van der Waals surface area contributed by atoms with Gasteiger partial charge in [-0.25, -0.2) is 0 Å². The fourth-order valence-corrected chi connectivity index (χ4v) is 3.79. The first kappa shape index (κ1) is 23.7. The third-order valence-corrected chi connectivity index (χ3v) is 5.49. The van der Waals surface area contributed by atoms with E-state index in [1.807, 2.05) is 0 Å². The van der Waals surface area contributed by atoms with E-state index < -0.39 is 0 Å². The molecule has 0 heterocycles. The van der Waals surface area contributed by atoms with Crippen LogP contribution in [0.1, 0.15) is 92.4 Å². The summed E-state index contributed by atoms with van der Waals surface area (Å²) in [5, 5.41) is 0. The van der Waals surface area contributed by atoms with Crippen molar-refractivity contribution in [3.8, 4) is 0 Å². The van der Waals surface area contributed by atoms with Crippen molar-refractivity contribution in [2.75, 3.05) is 26.2 Å². The molecular formula is C22H46N2. The van der Waals surface area contributed by atoms with Gasteiger partial charge in [-0.2, -0.15) is 0 Å². The third-order valence-electron chi connectivity index (χ3n) is 5.49. The fourth-order valence-electron chi connectivity index (χ4n) is 3.79. The zero-order valence-electron chi connectivity index (χ0n) is 17.5. The van der Waals surface area contributed by atoms with E-state index in [0.717, 1.165) is 26.2 Å². The molecule has 24 heavy (non-hydrogen) atoms. The second-order valence-electron chi connectivity index (χ2n) is 7.06. The van der Waals surface area contributed by atoms with E-state index in [0.29, 0.717) is 12.1 Å².